The van der Waals surface area contributed by atoms with Crippen LogP contribution in [0.1, 0.15) is 0 Å². The molecule has 15 N–H and O–H groups in total. The Morgan fingerprint density at radius 3 is 1.62 bits per heavy atom. The van der Waals surface area contributed by atoms with E-state index in [0.717, 1.165) is 18.2 Å². The molecule has 0 aliphatic carbocycles. The van der Waals surface area contributed by atoms with Gasteiger partial charge in [0.05, 0.1) is 19.8 Å². The summed E-state index contributed by atoms with van der Waals surface area (Å²) in [6.07, 6.45) is -28.4. The summed E-state index contributed by atoms with van der Waals surface area (Å²) in [5, 5.41) is 154. The molecule has 3 aliphatic heterocycles. The third kappa shape index (κ3) is 7.39. The van der Waals surface area contributed by atoms with Crippen LogP contribution in [0.2, 0.25) is 0 Å². The van der Waals surface area contributed by atoms with Crippen molar-refractivity contribution in [3.63, 3.8) is 0 Å². The molecular formula is C33H40O23. The zero-order valence-electron chi connectivity index (χ0n) is 28.6. The van der Waals surface area contributed by atoms with Gasteiger partial charge in [0, 0.05) is 11.6 Å². The van der Waals surface area contributed by atoms with Crippen LogP contribution in [0.3, 0.4) is 0 Å². The van der Waals surface area contributed by atoms with Crippen molar-refractivity contribution >= 4 is 11.0 Å². The first-order chi connectivity index (χ1) is 26.5. The number of hydrogen-bond acceptors (Lipinski definition) is 23. The molecule has 3 fully saturated rings. The second-order valence-electron chi connectivity index (χ2n) is 13.2. The minimum Gasteiger partial charge on any atom is -0.507 e. The number of phenols is 4. The Morgan fingerprint density at radius 1 is 0.536 bits per heavy atom. The van der Waals surface area contributed by atoms with Gasteiger partial charge in [-0.05, 0) is 18.2 Å². The highest BCUT2D eigenvalue weighted by molar-refractivity contribution is 5.93. The lowest BCUT2D eigenvalue weighted by Gasteiger charge is -2.45. The number of ether oxygens (including phenoxy) is 6. The summed E-state index contributed by atoms with van der Waals surface area (Å²) in [6, 6.07) is 3.50. The minimum atomic E-state index is -2.12. The Hall–Kier alpha value is -4.15. The maximum atomic E-state index is 14.4. The second-order valence-corrected chi connectivity index (χ2v) is 13.2. The van der Waals surface area contributed by atoms with Crippen molar-refractivity contribution in [3.05, 3.63) is 34.5 Å². The summed E-state index contributed by atoms with van der Waals surface area (Å²) < 4.78 is 39.4. The number of fused-ring (bicyclic) bond motifs is 1. The predicted octanol–water partition coefficient (Wildman–Crippen LogP) is -5.54. The highest BCUT2D eigenvalue weighted by Gasteiger charge is 2.52. The molecule has 1 aromatic heterocycles. The fraction of sp³-hybridized carbons (Fsp3) is 0.545. The van der Waals surface area contributed by atoms with Gasteiger partial charge in [0.1, 0.15) is 78.3 Å². The highest BCUT2D eigenvalue weighted by Crippen LogP contribution is 2.45. The molecule has 0 radical (unpaired) electrons. The molecule has 310 valence electrons. The summed E-state index contributed by atoms with van der Waals surface area (Å²) in [5.74, 6) is -5.84. The average molecular weight is 805 g/mol. The molecule has 0 bridgehead atoms. The minimum absolute atomic E-state index is 0.280. The van der Waals surface area contributed by atoms with E-state index in [1.807, 2.05) is 0 Å². The maximum absolute atomic E-state index is 14.4. The van der Waals surface area contributed by atoms with Crippen LogP contribution in [0, 0.1) is 0 Å². The molecule has 3 aliphatic rings. The molecule has 56 heavy (non-hydrogen) atoms. The summed E-state index contributed by atoms with van der Waals surface area (Å²) in [5.41, 5.74) is -2.42. The van der Waals surface area contributed by atoms with Gasteiger partial charge in [-0.2, -0.15) is 0 Å². The summed E-state index contributed by atoms with van der Waals surface area (Å²) in [6.45, 7) is -2.72. The number of phenolic OH excluding ortho intramolecular Hbond substituents is 4. The van der Waals surface area contributed by atoms with E-state index < -0.39 is 169 Å². The molecule has 6 rings (SSSR count). The molecule has 4 heterocycles. The summed E-state index contributed by atoms with van der Waals surface area (Å²) in [4.78, 5) is 14.4. The van der Waals surface area contributed by atoms with Crippen LogP contribution in [0.25, 0.3) is 22.3 Å². The first kappa shape index (κ1) is 41.5. The molecule has 0 saturated carbocycles. The molecule has 0 unspecified atom stereocenters. The van der Waals surface area contributed by atoms with Gasteiger partial charge < -0.3 is 109 Å². The van der Waals surface area contributed by atoms with Crippen LogP contribution in [-0.2, 0) is 18.9 Å². The van der Waals surface area contributed by atoms with Gasteiger partial charge in [0.2, 0.25) is 29.5 Å². The van der Waals surface area contributed by atoms with Crippen molar-refractivity contribution in [2.24, 2.45) is 0 Å². The maximum Gasteiger partial charge on any atom is 0.239 e. The van der Waals surface area contributed by atoms with E-state index in [2.05, 4.69) is 0 Å². The zero-order valence-corrected chi connectivity index (χ0v) is 28.6. The first-order valence-corrected chi connectivity index (χ1v) is 16.8. The van der Waals surface area contributed by atoms with Gasteiger partial charge in [-0.3, -0.25) is 4.79 Å². The van der Waals surface area contributed by atoms with Crippen molar-refractivity contribution < 1.29 is 109 Å². The van der Waals surface area contributed by atoms with Gasteiger partial charge in [-0.1, -0.05) is 0 Å². The van der Waals surface area contributed by atoms with E-state index in [4.69, 9.17) is 32.8 Å². The highest BCUT2D eigenvalue weighted by atomic mass is 16.8. The molecule has 2 aromatic carbocycles. The topological polar surface area (TPSA) is 389 Å². The van der Waals surface area contributed by atoms with E-state index in [0.29, 0.717) is 6.07 Å². The number of hydrogen-bond donors (Lipinski definition) is 15. The van der Waals surface area contributed by atoms with Gasteiger partial charge in [-0.15, -0.1) is 0 Å². The van der Waals surface area contributed by atoms with Crippen LogP contribution < -0.4 is 14.9 Å². The second kappa shape index (κ2) is 16.4. The van der Waals surface area contributed by atoms with Gasteiger partial charge in [0.15, 0.2) is 41.0 Å². The quantitative estimate of drug-likeness (QED) is 0.0850. The molecule has 23 heteroatoms. The van der Waals surface area contributed by atoms with Crippen LogP contribution in [0.4, 0.5) is 0 Å². The van der Waals surface area contributed by atoms with E-state index in [1.54, 1.807) is 0 Å². The fourth-order valence-electron chi connectivity index (χ4n) is 6.40. The van der Waals surface area contributed by atoms with Gasteiger partial charge in [0.25, 0.3) is 0 Å². The molecule has 0 amide bonds. The molecule has 23 nitrogen and oxygen atoms in total. The Morgan fingerprint density at radius 2 is 1.05 bits per heavy atom. The van der Waals surface area contributed by atoms with Gasteiger partial charge >= 0.3 is 0 Å². The average Bonchev–Trinajstić information content (AvgIpc) is 3.17. The lowest BCUT2D eigenvalue weighted by molar-refractivity contribution is -0.358. The van der Waals surface area contributed by atoms with E-state index in [1.165, 1.54) is 0 Å². The monoisotopic (exact) mass is 804 g/mol. The SMILES string of the molecule is O=c1c(O[C@@H]2O[C@H](CO)[C@@H](O)[C@H](O)[C@H]2O[C@@H]2O[C@H](CO)[C@@H](O)[C@H](O)[C@H]2O)c(-c2ccc(O)c(O)c2)oc2c(O[C@@H]3O[C@H](CO)[C@@H](O)[C@H](O)[C@H]3O)c(O)cc(O)c12. The number of aliphatic hydroxyl groups is 11. The van der Waals surface area contributed by atoms with E-state index in [9.17, 15) is 81.4 Å². The Kier molecular flexibility index (Phi) is 12.1. The van der Waals surface area contributed by atoms with Crippen LogP contribution >= 0.6 is 0 Å². The normalized spacial score (nSPS) is 36.4. The Labute approximate surface area is 312 Å². The number of aromatic hydroxyl groups is 4. The summed E-state index contributed by atoms with van der Waals surface area (Å²) >= 11 is 0. The van der Waals surface area contributed by atoms with Crippen molar-refractivity contribution in [1.82, 2.24) is 0 Å². The predicted molar refractivity (Wildman–Crippen MR) is 176 cm³/mol. The lowest BCUT2D eigenvalue weighted by atomic mass is 9.97. The standard InChI is InChI=1S/C33H40O23/c34-5-13-17(41)21(45)24(48)31(50-13)54-27-12(40)4-11(39)16-20(44)29(26(53-28(16)27)8-1-2-9(37)10(38)3-8)55-33-30(23(47)19(43)15(7-36)52-33)56-32-25(49)22(46)18(42)14(6-35)51-32/h1-4,13-15,17-19,21-25,30-43,45-49H,5-7H2/t13-,14-,15-,17-,18-,19-,21+,22+,23+,24-,25-,30-,31+,32+,33+/m1/s1. The zero-order chi connectivity index (χ0) is 40.9. The van der Waals surface area contributed by atoms with Crippen LogP contribution in [-0.4, -0.2) is 189 Å². The van der Waals surface area contributed by atoms with Crippen molar-refractivity contribution in [2.75, 3.05) is 19.8 Å². The van der Waals surface area contributed by atoms with Gasteiger partial charge in [-0.25, -0.2) is 0 Å². The van der Waals surface area contributed by atoms with Crippen molar-refractivity contribution in [1.29, 1.82) is 0 Å². The Bertz CT molecular complexity index is 1920. The molecular weight excluding hydrogens is 764 g/mol. The molecule has 0 spiro atoms. The number of rotatable bonds is 10. The molecule has 3 saturated heterocycles. The summed E-state index contributed by atoms with van der Waals surface area (Å²) in [7, 11) is 0. The number of benzene rings is 2. The van der Waals surface area contributed by atoms with Crippen LogP contribution in [0.15, 0.2) is 33.5 Å². The Balaban J connectivity index is 1.49. The third-order valence-corrected chi connectivity index (χ3v) is 9.56. The van der Waals surface area contributed by atoms with E-state index >= 15 is 0 Å². The van der Waals surface area contributed by atoms with Crippen LogP contribution in [0.5, 0.6) is 34.5 Å². The largest absolute Gasteiger partial charge is 0.507 e. The lowest BCUT2D eigenvalue weighted by Crippen LogP contribution is -2.65. The van der Waals surface area contributed by atoms with Crippen molar-refractivity contribution in [2.45, 2.75) is 92.1 Å². The fourth-order valence-corrected chi connectivity index (χ4v) is 6.40. The van der Waals surface area contributed by atoms with Crippen molar-refractivity contribution in [3.8, 4) is 45.8 Å². The molecule has 3 aromatic rings. The third-order valence-electron chi connectivity index (χ3n) is 9.56. The first-order valence-electron chi connectivity index (χ1n) is 16.8. The molecule has 15 atom stereocenters. The smallest absolute Gasteiger partial charge is 0.239 e. The van der Waals surface area contributed by atoms with E-state index in [-0.39, 0.29) is 5.56 Å². The number of aliphatic hydroxyl groups excluding tert-OH is 11.